The van der Waals surface area contributed by atoms with Gasteiger partial charge < -0.3 is 4.90 Å². The van der Waals surface area contributed by atoms with E-state index in [0.29, 0.717) is 29.7 Å². The van der Waals surface area contributed by atoms with E-state index in [2.05, 4.69) is 6.58 Å². The highest BCUT2D eigenvalue weighted by Gasteiger charge is 2.25. The van der Waals surface area contributed by atoms with E-state index < -0.39 is 0 Å². The zero-order valence-electron chi connectivity index (χ0n) is 14.3. The number of rotatable bonds is 8. The van der Waals surface area contributed by atoms with Crippen molar-refractivity contribution >= 4 is 11.6 Å². The van der Waals surface area contributed by atoms with E-state index >= 15 is 0 Å². The van der Waals surface area contributed by atoms with E-state index in [9.17, 15) is 9.59 Å². The van der Waals surface area contributed by atoms with Crippen molar-refractivity contribution in [3.05, 3.63) is 83.9 Å². The molecule has 24 heavy (non-hydrogen) atoms. The fraction of sp³-hybridized carbons (Fsp3) is 0.238. The van der Waals surface area contributed by atoms with E-state index in [1.54, 1.807) is 12.1 Å². The lowest BCUT2D eigenvalue weighted by Gasteiger charge is -2.19. The molecule has 2 aromatic carbocycles. The molecule has 0 aliphatic heterocycles. The molecule has 0 aromatic heterocycles. The number of allylic oxidation sites excluding steroid dienone is 1. The topological polar surface area (TPSA) is 38.6 Å². The van der Waals surface area contributed by atoms with Crippen LogP contribution in [0.2, 0.25) is 0 Å². The predicted molar refractivity (Wildman–Crippen MR) is 96.5 cm³/mol. The first kappa shape index (κ1) is 17.8. The van der Waals surface area contributed by atoms with E-state index in [0.717, 1.165) is 0 Å². The van der Waals surface area contributed by atoms with Gasteiger partial charge in [-0.1, -0.05) is 67.2 Å². The first-order valence-corrected chi connectivity index (χ1v) is 8.15. The molecule has 2 rings (SSSR count). The SMILES string of the molecule is C=C(CC(C[NH+](C)C)C(=O)c1ccccc1)C(=O)c1ccccc1. The molecule has 0 saturated heterocycles. The Balaban J connectivity index is 2.15. The molecule has 0 bridgehead atoms. The van der Waals surface area contributed by atoms with E-state index in [1.807, 2.05) is 62.6 Å². The second kappa shape index (κ2) is 8.37. The maximum Gasteiger partial charge on any atom is 0.188 e. The summed E-state index contributed by atoms with van der Waals surface area (Å²) < 4.78 is 0. The van der Waals surface area contributed by atoms with Crippen molar-refractivity contribution in [2.24, 2.45) is 5.92 Å². The molecule has 2 aromatic rings. The van der Waals surface area contributed by atoms with Crippen molar-refractivity contribution in [3.63, 3.8) is 0 Å². The predicted octanol–water partition coefficient (Wildman–Crippen LogP) is 2.46. The maximum absolute atomic E-state index is 12.8. The van der Waals surface area contributed by atoms with E-state index in [1.165, 1.54) is 4.90 Å². The van der Waals surface area contributed by atoms with Gasteiger partial charge in [0.05, 0.1) is 26.6 Å². The highest BCUT2D eigenvalue weighted by molar-refractivity contribution is 6.09. The molecule has 0 amide bonds. The molecule has 1 unspecified atom stereocenters. The third kappa shape index (κ3) is 4.74. The largest absolute Gasteiger partial charge is 0.339 e. The van der Waals surface area contributed by atoms with Crippen LogP contribution in [0.3, 0.4) is 0 Å². The summed E-state index contributed by atoms with van der Waals surface area (Å²) in [6, 6.07) is 18.3. The van der Waals surface area contributed by atoms with Gasteiger partial charge in [-0.2, -0.15) is 0 Å². The molecule has 0 fully saturated rings. The summed E-state index contributed by atoms with van der Waals surface area (Å²) in [5.74, 6) is -0.272. The van der Waals surface area contributed by atoms with Crippen LogP contribution in [0, 0.1) is 5.92 Å². The van der Waals surface area contributed by atoms with Gasteiger partial charge in [0.2, 0.25) is 0 Å². The van der Waals surface area contributed by atoms with Crippen molar-refractivity contribution < 1.29 is 14.5 Å². The smallest absolute Gasteiger partial charge is 0.188 e. The fourth-order valence-electron chi connectivity index (χ4n) is 2.77. The molecule has 0 radical (unpaired) electrons. The summed E-state index contributed by atoms with van der Waals surface area (Å²) in [6.07, 6.45) is 0.382. The molecule has 0 aliphatic carbocycles. The summed E-state index contributed by atoms with van der Waals surface area (Å²) in [6.45, 7) is 4.60. The van der Waals surface area contributed by atoms with Crippen molar-refractivity contribution in [1.82, 2.24) is 0 Å². The van der Waals surface area contributed by atoms with Crippen LogP contribution in [0.5, 0.6) is 0 Å². The van der Waals surface area contributed by atoms with Gasteiger partial charge >= 0.3 is 0 Å². The van der Waals surface area contributed by atoms with E-state index in [4.69, 9.17) is 0 Å². The third-order valence-electron chi connectivity index (χ3n) is 3.93. The lowest BCUT2D eigenvalue weighted by atomic mass is 9.88. The lowest BCUT2D eigenvalue weighted by Crippen LogP contribution is -3.06. The average Bonchev–Trinajstić information content (AvgIpc) is 2.61. The highest BCUT2D eigenvalue weighted by Crippen LogP contribution is 2.19. The zero-order chi connectivity index (χ0) is 17.5. The van der Waals surface area contributed by atoms with Crippen LogP contribution in [-0.4, -0.2) is 32.2 Å². The molecule has 0 saturated carbocycles. The lowest BCUT2D eigenvalue weighted by molar-refractivity contribution is -0.860. The number of benzene rings is 2. The summed E-state index contributed by atoms with van der Waals surface area (Å²) in [4.78, 5) is 26.5. The van der Waals surface area contributed by atoms with Gasteiger partial charge in [0.1, 0.15) is 0 Å². The van der Waals surface area contributed by atoms with Crippen molar-refractivity contribution in [2.75, 3.05) is 20.6 Å². The summed E-state index contributed by atoms with van der Waals surface area (Å²) in [7, 11) is 4.01. The Morgan fingerprint density at radius 3 is 1.92 bits per heavy atom. The van der Waals surface area contributed by atoms with Crippen LogP contribution in [-0.2, 0) is 0 Å². The maximum atomic E-state index is 12.8. The molecule has 1 N–H and O–H groups in total. The van der Waals surface area contributed by atoms with Gasteiger partial charge in [0.25, 0.3) is 0 Å². The second-order valence-corrected chi connectivity index (χ2v) is 6.34. The standard InChI is InChI=1S/C21H23NO2/c1-16(20(23)17-10-6-4-7-11-17)14-19(15-22(2)3)21(24)18-12-8-5-9-13-18/h4-13,19H,1,14-15H2,2-3H3/p+1. The van der Waals surface area contributed by atoms with Gasteiger partial charge in [-0.15, -0.1) is 0 Å². The van der Waals surface area contributed by atoms with E-state index in [-0.39, 0.29) is 17.5 Å². The van der Waals surface area contributed by atoms with Crippen LogP contribution in [0.4, 0.5) is 0 Å². The van der Waals surface area contributed by atoms with Crippen molar-refractivity contribution in [2.45, 2.75) is 6.42 Å². The monoisotopic (exact) mass is 322 g/mol. The number of carbonyl (C=O) groups excluding carboxylic acids is 2. The Hall–Kier alpha value is -2.52. The Kier molecular flexibility index (Phi) is 6.21. The van der Waals surface area contributed by atoms with Crippen molar-refractivity contribution in [3.8, 4) is 0 Å². The molecule has 3 heteroatoms. The van der Waals surface area contributed by atoms with Gasteiger partial charge in [0, 0.05) is 11.1 Å². The molecular weight excluding hydrogens is 298 g/mol. The van der Waals surface area contributed by atoms with Crippen LogP contribution in [0.1, 0.15) is 27.1 Å². The molecule has 124 valence electrons. The molecule has 3 nitrogen and oxygen atoms in total. The first-order chi connectivity index (χ1) is 11.5. The van der Waals surface area contributed by atoms with Gasteiger partial charge in [-0.25, -0.2) is 0 Å². The van der Waals surface area contributed by atoms with Gasteiger partial charge in [-0.3, -0.25) is 9.59 Å². The quantitative estimate of drug-likeness (QED) is 0.599. The minimum absolute atomic E-state index is 0.0683. The average molecular weight is 322 g/mol. The minimum atomic E-state index is -0.252. The number of hydrogen-bond acceptors (Lipinski definition) is 2. The van der Waals surface area contributed by atoms with Crippen LogP contribution in [0.25, 0.3) is 0 Å². The summed E-state index contributed by atoms with van der Waals surface area (Å²) in [5, 5.41) is 0. The molecule has 0 heterocycles. The summed E-state index contributed by atoms with van der Waals surface area (Å²) in [5.41, 5.74) is 1.78. The molecule has 0 spiro atoms. The van der Waals surface area contributed by atoms with Crippen LogP contribution < -0.4 is 4.90 Å². The third-order valence-corrected chi connectivity index (χ3v) is 3.93. The molecule has 1 atom stereocenters. The normalized spacial score (nSPS) is 12.0. The summed E-state index contributed by atoms with van der Waals surface area (Å²) >= 11 is 0. The first-order valence-electron chi connectivity index (χ1n) is 8.15. The number of Topliss-reactive ketones (excluding diaryl/α,β-unsaturated/α-hetero) is 2. The Labute approximate surface area is 143 Å². The number of hydrogen-bond donors (Lipinski definition) is 1. The van der Waals surface area contributed by atoms with Crippen LogP contribution in [0.15, 0.2) is 72.8 Å². The van der Waals surface area contributed by atoms with Gasteiger partial charge in [0.15, 0.2) is 11.6 Å². The van der Waals surface area contributed by atoms with Gasteiger partial charge in [-0.05, 0) is 12.0 Å². The Morgan fingerprint density at radius 1 is 0.917 bits per heavy atom. The van der Waals surface area contributed by atoms with Crippen LogP contribution >= 0.6 is 0 Å². The zero-order valence-corrected chi connectivity index (χ0v) is 14.3. The number of carbonyl (C=O) groups is 2. The fourth-order valence-corrected chi connectivity index (χ4v) is 2.77. The molecule has 0 aliphatic rings. The van der Waals surface area contributed by atoms with Crippen molar-refractivity contribution in [1.29, 1.82) is 0 Å². The number of quaternary nitrogens is 1. The second-order valence-electron chi connectivity index (χ2n) is 6.34. The Bertz CT molecular complexity index is 705. The highest BCUT2D eigenvalue weighted by atomic mass is 16.1. The Morgan fingerprint density at radius 2 is 1.42 bits per heavy atom. The number of nitrogens with one attached hydrogen (secondary N) is 1. The molecular formula is C21H24NO2+. The number of ketones is 2. The minimum Gasteiger partial charge on any atom is -0.339 e.